The van der Waals surface area contributed by atoms with Crippen molar-refractivity contribution >= 4 is 23.7 Å². The molecular formula is C11H20N4O6. The van der Waals surface area contributed by atoms with E-state index < -0.39 is 54.3 Å². The van der Waals surface area contributed by atoms with Crippen LogP contribution in [0.1, 0.15) is 20.3 Å². The minimum Gasteiger partial charge on any atom is -0.480 e. The molecule has 0 saturated heterocycles. The molecule has 0 aliphatic heterocycles. The molecule has 0 rings (SSSR count). The molecular weight excluding hydrogens is 284 g/mol. The van der Waals surface area contributed by atoms with Crippen molar-refractivity contribution in [1.82, 2.24) is 10.6 Å². The average molecular weight is 304 g/mol. The second-order valence-corrected chi connectivity index (χ2v) is 4.57. The van der Waals surface area contributed by atoms with Crippen LogP contribution in [0, 0.1) is 0 Å². The highest BCUT2D eigenvalue weighted by Gasteiger charge is 2.27. The van der Waals surface area contributed by atoms with Gasteiger partial charge in [0.15, 0.2) is 0 Å². The van der Waals surface area contributed by atoms with Crippen molar-refractivity contribution in [3.05, 3.63) is 0 Å². The fraction of sp³-hybridized carbons (Fsp3) is 0.636. The molecule has 8 N–H and O–H groups in total. The third-order valence-corrected chi connectivity index (χ3v) is 2.59. The molecule has 4 atom stereocenters. The molecule has 0 aromatic carbocycles. The maximum Gasteiger partial charge on any atom is 0.326 e. The number of hydrogen-bond acceptors (Lipinski definition) is 6. The van der Waals surface area contributed by atoms with E-state index in [2.05, 4.69) is 10.6 Å². The summed E-state index contributed by atoms with van der Waals surface area (Å²) < 4.78 is 0. The molecule has 0 aliphatic rings. The van der Waals surface area contributed by atoms with E-state index in [1.54, 1.807) is 0 Å². The van der Waals surface area contributed by atoms with Crippen molar-refractivity contribution in [2.45, 2.75) is 44.5 Å². The van der Waals surface area contributed by atoms with E-state index in [-0.39, 0.29) is 0 Å². The number of rotatable bonds is 8. The van der Waals surface area contributed by atoms with Gasteiger partial charge >= 0.3 is 5.97 Å². The number of amides is 3. The van der Waals surface area contributed by atoms with Gasteiger partial charge in [0.1, 0.15) is 18.1 Å². The van der Waals surface area contributed by atoms with Crippen LogP contribution in [0.2, 0.25) is 0 Å². The zero-order chi connectivity index (χ0) is 16.7. The van der Waals surface area contributed by atoms with Gasteiger partial charge in [0.2, 0.25) is 17.7 Å². The van der Waals surface area contributed by atoms with Crippen LogP contribution in [-0.4, -0.2) is 58.1 Å². The molecule has 0 saturated carbocycles. The Morgan fingerprint density at radius 3 is 2.00 bits per heavy atom. The van der Waals surface area contributed by atoms with Gasteiger partial charge < -0.3 is 32.3 Å². The fourth-order valence-corrected chi connectivity index (χ4v) is 1.29. The first-order chi connectivity index (χ1) is 9.56. The van der Waals surface area contributed by atoms with Gasteiger partial charge in [-0.15, -0.1) is 0 Å². The number of carbonyl (C=O) groups excluding carboxylic acids is 3. The molecule has 0 heterocycles. The van der Waals surface area contributed by atoms with E-state index in [1.807, 2.05) is 0 Å². The molecule has 10 nitrogen and oxygen atoms in total. The maximum atomic E-state index is 11.7. The monoisotopic (exact) mass is 304 g/mol. The molecule has 0 unspecified atom stereocenters. The summed E-state index contributed by atoms with van der Waals surface area (Å²) in [7, 11) is 0. The number of carbonyl (C=O) groups is 4. The van der Waals surface area contributed by atoms with Crippen LogP contribution in [0.3, 0.4) is 0 Å². The summed E-state index contributed by atoms with van der Waals surface area (Å²) in [5.41, 5.74) is 10.2. The van der Waals surface area contributed by atoms with E-state index in [1.165, 1.54) is 13.8 Å². The number of nitrogens with one attached hydrogen (secondary N) is 2. The van der Waals surface area contributed by atoms with Crippen molar-refractivity contribution < 1.29 is 29.4 Å². The van der Waals surface area contributed by atoms with Gasteiger partial charge in [0, 0.05) is 0 Å². The Morgan fingerprint density at radius 2 is 1.62 bits per heavy atom. The fourth-order valence-electron chi connectivity index (χ4n) is 1.29. The first-order valence-electron chi connectivity index (χ1n) is 6.11. The molecule has 0 bridgehead atoms. The summed E-state index contributed by atoms with van der Waals surface area (Å²) >= 11 is 0. The maximum absolute atomic E-state index is 11.7. The van der Waals surface area contributed by atoms with Crippen molar-refractivity contribution in [2.75, 3.05) is 0 Å². The second kappa shape index (κ2) is 8.17. The topological polar surface area (TPSA) is 185 Å². The lowest BCUT2D eigenvalue weighted by Crippen LogP contribution is -2.55. The molecule has 21 heavy (non-hydrogen) atoms. The number of carboxylic acid groups (broad SMARTS) is 1. The van der Waals surface area contributed by atoms with E-state index in [4.69, 9.17) is 21.7 Å². The first-order valence-corrected chi connectivity index (χ1v) is 6.11. The van der Waals surface area contributed by atoms with Crippen LogP contribution in [0.5, 0.6) is 0 Å². The van der Waals surface area contributed by atoms with Gasteiger partial charge in [-0.25, -0.2) is 4.79 Å². The minimum atomic E-state index is -1.49. The van der Waals surface area contributed by atoms with Crippen LogP contribution in [0.4, 0.5) is 0 Å². The molecule has 120 valence electrons. The molecule has 0 fully saturated rings. The minimum absolute atomic E-state index is 0.574. The van der Waals surface area contributed by atoms with Gasteiger partial charge in [0.25, 0.3) is 0 Å². The molecule has 0 radical (unpaired) electrons. The molecule has 0 aromatic rings. The lowest BCUT2D eigenvalue weighted by molar-refractivity contribution is -0.143. The molecule has 0 spiro atoms. The van der Waals surface area contributed by atoms with Crippen LogP contribution in [0.15, 0.2) is 0 Å². The van der Waals surface area contributed by atoms with Crippen molar-refractivity contribution in [1.29, 1.82) is 0 Å². The third-order valence-electron chi connectivity index (χ3n) is 2.59. The smallest absolute Gasteiger partial charge is 0.326 e. The van der Waals surface area contributed by atoms with E-state index in [0.717, 1.165) is 0 Å². The summed E-state index contributed by atoms with van der Waals surface area (Å²) in [5, 5.41) is 22.3. The van der Waals surface area contributed by atoms with E-state index >= 15 is 0 Å². The average Bonchev–Trinajstić information content (AvgIpc) is 2.35. The van der Waals surface area contributed by atoms with Crippen molar-refractivity contribution in [2.24, 2.45) is 11.5 Å². The zero-order valence-electron chi connectivity index (χ0n) is 11.7. The second-order valence-electron chi connectivity index (χ2n) is 4.57. The number of hydrogen-bond donors (Lipinski definition) is 6. The summed E-state index contributed by atoms with van der Waals surface area (Å²) in [6.45, 7) is 2.60. The van der Waals surface area contributed by atoms with Gasteiger partial charge in [-0.3, -0.25) is 14.4 Å². The SMILES string of the molecule is C[C@H](NC(=O)[C@H](N)[C@H](C)O)C(=O)N[C@@H](CC(N)=O)C(=O)O. The number of primary amides is 1. The number of aliphatic hydroxyl groups is 1. The first kappa shape index (κ1) is 18.8. The molecule has 0 aliphatic carbocycles. The van der Waals surface area contributed by atoms with Crippen LogP contribution in [-0.2, 0) is 19.2 Å². The Hall–Kier alpha value is -2.20. The van der Waals surface area contributed by atoms with Crippen LogP contribution < -0.4 is 22.1 Å². The van der Waals surface area contributed by atoms with Gasteiger partial charge in [-0.2, -0.15) is 0 Å². The Morgan fingerprint density at radius 1 is 1.10 bits per heavy atom. The quantitative estimate of drug-likeness (QED) is 0.270. The van der Waals surface area contributed by atoms with Gasteiger partial charge in [0.05, 0.1) is 12.5 Å². The highest BCUT2D eigenvalue weighted by Crippen LogP contribution is 1.95. The largest absolute Gasteiger partial charge is 0.480 e. The predicted octanol–water partition coefficient (Wildman–Crippen LogP) is -3.36. The third kappa shape index (κ3) is 6.68. The normalized spacial score (nSPS) is 16.2. The van der Waals surface area contributed by atoms with Gasteiger partial charge in [-0.05, 0) is 13.8 Å². The Balaban J connectivity index is 4.59. The highest BCUT2D eigenvalue weighted by atomic mass is 16.4. The lowest BCUT2D eigenvalue weighted by Gasteiger charge is -2.20. The summed E-state index contributed by atoms with van der Waals surface area (Å²) in [4.78, 5) is 44.8. The Bertz CT molecular complexity index is 425. The van der Waals surface area contributed by atoms with E-state index in [9.17, 15) is 19.2 Å². The standard InChI is InChI=1S/C11H20N4O6/c1-4(14-10(19)8(13)5(2)16)9(18)15-6(11(20)21)3-7(12)17/h4-6,8,16H,3,13H2,1-2H3,(H2,12,17)(H,14,19)(H,15,18)(H,20,21)/t4-,5-,6-,8+/m0/s1. The number of nitrogens with two attached hydrogens (primary N) is 2. The molecule has 3 amide bonds. The summed E-state index contributed by atoms with van der Waals surface area (Å²) in [6.07, 6.45) is -1.68. The molecule has 10 heteroatoms. The van der Waals surface area contributed by atoms with Gasteiger partial charge in [-0.1, -0.05) is 0 Å². The number of aliphatic hydroxyl groups excluding tert-OH is 1. The Kier molecular flexibility index (Phi) is 7.31. The number of carboxylic acids is 1. The summed E-state index contributed by atoms with van der Waals surface area (Å²) in [5.74, 6) is -3.92. The zero-order valence-corrected chi connectivity index (χ0v) is 11.7. The molecule has 0 aromatic heterocycles. The van der Waals surface area contributed by atoms with Crippen LogP contribution >= 0.6 is 0 Å². The van der Waals surface area contributed by atoms with Crippen LogP contribution in [0.25, 0.3) is 0 Å². The Labute approximate surface area is 120 Å². The van der Waals surface area contributed by atoms with E-state index in [0.29, 0.717) is 0 Å². The lowest BCUT2D eigenvalue weighted by atomic mass is 10.1. The highest BCUT2D eigenvalue weighted by molar-refractivity contribution is 5.93. The number of aliphatic carboxylic acids is 1. The van der Waals surface area contributed by atoms with Crippen molar-refractivity contribution in [3.63, 3.8) is 0 Å². The predicted molar refractivity (Wildman–Crippen MR) is 70.6 cm³/mol. The summed E-state index contributed by atoms with van der Waals surface area (Å²) in [6, 6.07) is -3.81. The van der Waals surface area contributed by atoms with Crippen molar-refractivity contribution in [3.8, 4) is 0 Å².